The molecule has 1 amide bonds. The fourth-order valence-corrected chi connectivity index (χ4v) is 2.78. The molecule has 0 bridgehead atoms. The number of amides is 1. The lowest BCUT2D eigenvalue weighted by Gasteiger charge is -2.06. The Bertz CT molecular complexity index is 832. The van der Waals surface area contributed by atoms with E-state index in [1.165, 1.54) is 12.1 Å². The number of carbonyl (C=O) groups excluding carboxylic acids is 1. The van der Waals surface area contributed by atoms with E-state index in [1.807, 2.05) is 30.3 Å². The Kier molecular flexibility index (Phi) is 6.73. The lowest BCUT2D eigenvalue weighted by molar-refractivity contribution is 0.140. The van der Waals surface area contributed by atoms with Gasteiger partial charge in [0.2, 0.25) is 0 Å². The molecule has 0 spiro atoms. The summed E-state index contributed by atoms with van der Waals surface area (Å²) in [6.45, 7) is 0.544. The van der Waals surface area contributed by atoms with Gasteiger partial charge in [0.15, 0.2) is 0 Å². The van der Waals surface area contributed by atoms with Crippen LogP contribution in [0.4, 0.5) is 4.79 Å². The fraction of sp³-hybridized carbons (Fsp3) is 0.167. The van der Waals surface area contributed by atoms with Crippen LogP contribution in [0.2, 0.25) is 0 Å². The van der Waals surface area contributed by atoms with E-state index in [2.05, 4.69) is 5.32 Å². The van der Waals surface area contributed by atoms with Crippen molar-refractivity contribution in [3.8, 4) is 0 Å². The average molecular weight is 361 g/mol. The second-order valence-corrected chi connectivity index (χ2v) is 6.58. The van der Waals surface area contributed by atoms with Crippen LogP contribution >= 0.6 is 0 Å². The van der Waals surface area contributed by atoms with Gasteiger partial charge in [-0.05, 0) is 23.6 Å². The third-order valence-corrected chi connectivity index (χ3v) is 4.22. The number of ether oxygens (including phenoxy) is 1. The minimum Gasteiger partial charge on any atom is -0.445 e. The maximum absolute atomic E-state index is 11.6. The summed E-state index contributed by atoms with van der Waals surface area (Å²) in [6, 6.07) is 15.5. The Morgan fingerprint density at radius 2 is 1.76 bits per heavy atom. The molecule has 0 saturated heterocycles. The molecule has 2 rings (SSSR count). The molecule has 0 unspecified atom stereocenters. The normalized spacial score (nSPS) is 11.4. The number of benzene rings is 2. The predicted octanol–water partition coefficient (Wildman–Crippen LogP) is 3.26. The van der Waals surface area contributed by atoms with Crippen LogP contribution in [-0.2, 0) is 21.5 Å². The molecule has 0 radical (unpaired) electrons. The zero-order chi connectivity index (χ0) is 18.1. The van der Waals surface area contributed by atoms with Gasteiger partial charge in [0.1, 0.15) is 11.5 Å². The number of hydrogen-bond acceptors (Lipinski definition) is 4. The number of carbonyl (C=O) groups is 1. The zero-order valence-electron chi connectivity index (χ0n) is 13.5. The number of hydrogen-bond donors (Lipinski definition) is 2. The molecule has 0 heterocycles. The van der Waals surface area contributed by atoms with Crippen molar-refractivity contribution < 1.29 is 22.5 Å². The van der Waals surface area contributed by atoms with Crippen molar-refractivity contribution in [3.05, 3.63) is 71.8 Å². The van der Waals surface area contributed by atoms with Gasteiger partial charge in [-0.25, -0.2) is 4.79 Å². The summed E-state index contributed by atoms with van der Waals surface area (Å²) in [5.74, 6) is 0. The van der Waals surface area contributed by atoms with Crippen molar-refractivity contribution in [2.75, 3.05) is 6.54 Å². The first kappa shape index (κ1) is 18.7. The van der Waals surface area contributed by atoms with Gasteiger partial charge < -0.3 is 10.1 Å². The summed E-state index contributed by atoms with van der Waals surface area (Å²) in [6.07, 6.45) is 3.26. The first-order chi connectivity index (χ1) is 12.0. The molecule has 0 saturated carbocycles. The highest BCUT2D eigenvalue weighted by Crippen LogP contribution is 2.16. The molecular formula is C18H19NO5S. The number of nitrogens with one attached hydrogen (secondary N) is 1. The molecule has 0 aliphatic heterocycles. The average Bonchev–Trinajstić information content (AvgIpc) is 2.60. The van der Waals surface area contributed by atoms with Crippen LogP contribution in [0.15, 0.2) is 65.6 Å². The standard InChI is InChI=1S/C18H19NO5S/c20-18(24-14-15-8-2-1-3-9-15)19-13-7-6-11-16-10-4-5-12-17(16)25(21,22)23/h1-6,8-12H,7,13-14H2,(H,19,20)(H,21,22,23). The third kappa shape index (κ3) is 6.40. The van der Waals surface area contributed by atoms with E-state index in [-0.39, 0.29) is 11.5 Å². The molecule has 2 aromatic rings. The lowest BCUT2D eigenvalue weighted by atomic mass is 10.2. The van der Waals surface area contributed by atoms with Gasteiger partial charge >= 0.3 is 6.09 Å². The van der Waals surface area contributed by atoms with Crippen molar-refractivity contribution in [3.63, 3.8) is 0 Å². The highest BCUT2D eigenvalue weighted by atomic mass is 32.2. The fourth-order valence-electron chi connectivity index (χ4n) is 2.10. The van der Waals surface area contributed by atoms with Gasteiger partial charge in [-0.15, -0.1) is 0 Å². The number of rotatable bonds is 7. The van der Waals surface area contributed by atoms with Crippen molar-refractivity contribution in [1.29, 1.82) is 0 Å². The smallest absolute Gasteiger partial charge is 0.407 e. The van der Waals surface area contributed by atoms with Gasteiger partial charge in [-0.3, -0.25) is 4.55 Å². The minimum absolute atomic E-state index is 0.151. The molecule has 7 heteroatoms. The van der Waals surface area contributed by atoms with E-state index in [1.54, 1.807) is 24.3 Å². The highest BCUT2D eigenvalue weighted by molar-refractivity contribution is 7.85. The van der Waals surface area contributed by atoms with Crippen molar-refractivity contribution in [1.82, 2.24) is 5.32 Å². The topological polar surface area (TPSA) is 92.7 Å². The van der Waals surface area contributed by atoms with Crippen LogP contribution in [-0.4, -0.2) is 25.6 Å². The molecule has 0 aliphatic carbocycles. The van der Waals surface area contributed by atoms with Gasteiger partial charge in [0, 0.05) is 6.54 Å². The van der Waals surface area contributed by atoms with E-state index in [0.717, 1.165) is 5.56 Å². The quantitative estimate of drug-likeness (QED) is 0.583. The largest absolute Gasteiger partial charge is 0.445 e. The molecule has 132 valence electrons. The maximum atomic E-state index is 11.6. The first-order valence-electron chi connectivity index (χ1n) is 7.64. The Morgan fingerprint density at radius 3 is 2.48 bits per heavy atom. The van der Waals surface area contributed by atoms with E-state index >= 15 is 0 Å². The summed E-state index contributed by atoms with van der Waals surface area (Å²) in [7, 11) is -4.26. The van der Waals surface area contributed by atoms with Crippen LogP contribution in [0.25, 0.3) is 6.08 Å². The van der Waals surface area contributed by atoms with Crippen LogP contribution in [0.5, 0.6) is 0 Å². The van der Waals surface area contributed by atoms with E-state index in [4.69, 9.17) is 9.29 Å². The summed E-state index contributed by atoms with van der Waals surface area (Å²) in [5.41, 5.74) is 1.29. The highest BCUT2D eigenvalue weighted by Gasteiger charge is 2.12. The van der Waals surface area contributed by atoms with Gasteiger partial charge in [-0.1, -0.05) is 60.7 Å². The van der Waals surface area contributed by atoms with Gasteiger partial charge in [0.25, 0.3) is 10.1 Å². The first-order valence-corrected chi connectivity index (χ1v) is 9.08. The van der Waals surface area contributed by atoms with Crippen LogP contribution in [0.3, 0.4) is 0 Å². The molecule has 25 heavy (non-hydrogen) atoms. The second kappa shape index (κ2) is 9.00. The Balaban J connectivity index is 1.76. The van der Waals surface area contributed by atoms with Crippen molar-refractivity contribution in [2.24, 2.45) is 0 Å². The molecule has 0 atom stereocenters. The number of alkyl carbamates (subject to hydrolysis) is 1. The van der Waals surface area contributed by atoms with Gasteiger partial charge in [0.05, 0.1) is 0 Å². The maximum Gasteiger partial charge on any atom is 0.407 e. The Hall–Kier alpha value is -2.64. The van der Waals surface area contributed by atoms with E-state index in [0.29, 0.717) is 18.5 Å². The summed E-state index contributed by atoms with van der Waals surface area (Å²) >= 11 is 0. The Morgan fingerprint density at radius 1 is 1.08 bits per heavy atom. The minimum atomic E-state index is -4.26. The van der Waals surface area contributed by atoms with E-state index < -0.39 is 16.2 Å². The zero-order valence-corrected chi connectivity index (χ0v) is 14.3. The molecule has 0 aromatic heterocycles. The van der Waals surface area contributed by atoms with Crippen molar-refractivity contribution in [2.45, 2.75) is 17.9 Å². The van der Waals surface area contributed by atoms with E-state index in [9.17, 15) is 13.2 Å². The second-order valence-electron chi connectivity index (χ2n) is 5.19. The third-order valence-electron chi connectivity index (χ3n) is 3.29. The molecule has 6 nitrogen and oxygen atoms in total. The molecule has 0 fully saturated rings. The molecule has 0 aliphatic rings. The lowest BCUT2D eigenvalue weighted by Crippen LogP contribution is -2.24. The van der Waals surface area contributed by atoms with Crippen LogP contribution in [0, 0.1) is 0 Å². The molecular weight excluding hydrogens is 342 g/mol. The monoisotopic (exact) mass is 361 g/mol. The van der Waals surface area contributed by atoms with Crippen LogP contribution < -0.4 is 5.32 Å². The SMILES string of the molecule is O=C(NCCC=Cc1ccccc1S(=O)(=O)O)OCc1ccccc1. The Labute approximate surface area is 146 Å². The van der Waals surface area contributed by atoms with Crippen LogP contribution in [0.1, 0.15) is 17.5 Å². The van der Waals surface area contributed by atoms with Gasteiger partial charge in [-0.2, -0.15) is 8.42 Å². The summed E-state index contributed by atoms with van der Waals surface area (Å²) in [5, 5.41) is 2.60. The summed E-state index contributed by atoms with van der Waals surface area (Å²) < 4.78 is 36.8. The predicted molar refractivity (Wildman–Crippen MR) is 94.5 cm³/mol. The molecule has 2 aromatic carbocycles. The summed E-state index contributed by atoms with van der Waals surface area (Å²) in [4.78, 5) is 11.4. The van der Waals surface area contributed by atoms with Crippen molar-refractivity contribution >= 4 is 22.3 Å². The molecule has 2 N–H and O–H groups in total.